The average molecular weight is 272 g/mol. The van der Waals surface area contributed by atoms with Gasteiger partial charge in [-0.2, -0.15) is 0 Å². The Labute approximate surface area is 116 Å². The van der Waals surface area contributed by atoms with Crippen molar-refractivity contribution in [3.63, 3.8) is 0 Å². The van der Waals surface area contributed by atoms with Crippen LogP contribution < -0.4 is 10.6 Å². The molecule has 112 valence electrons. The van der Waals surface area contributed by atoms with Crippen LogP contribution in [0.2, 0.25) is 0 Å². The molecule has 0 aromatic rings. The Morgan fingerprint density at radius 1 is 1.16 bits per heavy atom. The van der Waals surface area contributed by atoms with Gasteiger partial charge in [0, 0.05) is 5.54 Å². The Hall–Kier alpha value is -1.26. The molecule has 3 N–H and O–H groups in total. The molecule has 0 aromatic carbocycles. The van der Waals surface area contributed by atoms with Gasteiger partial charge in [-0.1, -0.05) is 34.1 Å². The van der Waals surface area contributed by atoms with Crippen molar-refractivity contribution in [2.45, 2.75) is 72.4 Å². The number of carbonyl (C=O) groups excluding carboxylic acids is 1. The van der Waals surface area contributed by atoms with Crippen LogP contribution in [0.5, 0.6) is 0 Å². The fraction of sp³-hybridized carbons (Fsp3) is 0.857. The lowest BCUT2D eigenvalue weighted by atomic mass is 9.82. The summed E-state index contributed by atoms with van der Waals surface area (Å²) in [7, 11) is 0. The van der Waals surface area contributed by atoms with Gasteiger partial charge in [0.05, 0.1) is 0 Å². The van der Waals surface area contributed by atoms with Gasteiger partial charge in [0.25, 0.3) is 0 Å². The summed E-state index contributed by atoms with van der Waals surface area (Å²) < 4.78 is 0. The van der Waals surface area contributed by atoms with Crippen LogP contribution in [0.1, 0.15) is 60.8 Å². The van der Waals surface area contributed by atoms with E-state index in [1.807, 2.05) is 20.8 Å². The van der Waals surface area contributed by atoms with Crippen LogP contribution in [-0.4, -0.2) is 28.7 Å². The number of amides is 2. The molecule has 0 radical (unpaired) electrons. The number of hydrogen-bond acceptors (Lipinski definition) is 2. The Morgan fingerprint density at radius 3 is 2.05 bits per heavy atom. The second-order valence-electron chi connectivity index (χ2n) is 6.90. The van der Waals surface area contributed by atoms with E-state index >= 15 is 0 Å². The van der Waals surface area contributed by atoms with E-state index in [0.717, 1.165) is 6.42 Å². The number of nitrogens with one attached hydrogen (secondary N) is 2. The number of aliphatic carboxylic acids is 1. The molecule has 0 rings (SSSR count). The van der Waals surface area contributed by atoms with Crippen LogP contribution in [0.3, 0.4) is 0 Å². The molecule has 0 fully saturated rings. The lowest BCUT2D eigenvalue weighted by Crippen LogP contribution is -2.53. The van der Waals surface area contributed by atoms with Crippen molar-refractivity contribution in [1.82, 2.24) is 10.6 Å². The summed E-state index contributed by atoms with van der Waals surface area (Å²) in [6.45, 7) is 12.1. The van der Waals surface area contributed by atoms with Gasteiger partial charge in [0.15, 0.2) is 0 Å². The van der Waals surface area contributed by atoms with Crippen molar-refractivity contribution in [2.75, 3.05) is 0 Å². The van der Waals surface area contributed by atoms with Crippen LogP contribution in [0.25, 0.3) is 0 Å². The fourth-order valence-corrected chi connectivity index (χ4v) is 2.42. The first-order valence-corrected chi connectivity index (χ1v) is 6.78. The molecule has 1 unspecified atom stereocenters. The maximum absolute atomic E-state index is 11.8. The predicted octanol–water partition coefficient (Wildman–Crippen LogP) is 2.75. The molecule has 0 aliphatic rings. The molecule has 19 heavy (non-hydrogen) atoms. The first kappa shape index (κ1) is 17.7. The van der Waals surface area contributed by atoms with Crippen LogP contribution in [0.4, 0.5) is 4.79 Å². The zero-order valence-corrected chi connectivity index (χ0v) is 13.0. The van der Waals surface area contributed by atoms with E-state index in [-0.39, 0.29) is 11.0 Å². The normalized spacial score (nSPS) is 13.8. The minimum Gasteiger partial charge on any atom is -0.480 e. The highest BCUT2D eigenvalue weighted by molar-refractivity contribution is 5.82. The standard InChI is InChI=1S/C14H28N2O3/c1-7-8-10(11(17)18)15-12(19)16-14(5,6)9-13(2,3)4/h10H,7-9H2,1-6H3,(H,17,18)(H2,15,16,19). The van der Waals surface area contributed by atoms with Gasteiger partial charge in [0.1, 0.15) is 6.04 Å². The fourth-order valence-electron chi connectivity index (χ4n) is 2.42. The summed E-state index contributed by atoms with van der Waals surface area (Å²) >= 11 is 0. The second-order valence-corrected chi connectivity index (χ2v) is 6.90. The molecule has 0 aliphatic carbocycles. The van der Waals surface area contributed by atoms with E-state index in [1.54, 1.807) is 0 Å². The van der Waals surface area contributed by atoms with Crippen LogP contribution in [0.15, 0.2) is 0 Å². The van der Waals surface area contributed by atoms with Crippen molar-refractivity contribution in [3.05, 3.63) is 0 Å². The van der Waals surface area contributed by atoms with Crippen LogP contribution in [-0.2, 0) is 4.79 Å². The minimum atomic E-state index is -0.995. The number of carboxylic acids is 1. The highest BCUT2D eigenvalue weighted by Gasteiger charge is 2.28. The van der Waals surface area contributed by atoms with Gasteiger partial charge < -0.3 is 15.7 Å². The third-order valence-corrected chi connectivity index (χ3v) is 2.60. The molecule has 0 spiro atoms. The van der Waals surface area contributed by atoms with Gasteiger partial charge in [-0.3, -0.25) is 0 Å². The molecule has 2 amide bonds. The Morgan fingerprint density at radius 2 is 1.68 bits per heavy atom. The van der Waals surface area contributed by atoms with Gasteiger partial charge >= 0.3 is 12.0 Å². The average Bonchev–Trinajstić information content (AvgIpc) is 2.11. The summed E-state index contributed by atoms with van der Waals surface area (Å²) in [6, 6.07) is -1.24. The second kappa shape index (κ2) is 6.78. The van der Waals surface area contributed by atoms with Gasteiger partial charge in [-0.25, -0.2) is 9.59 Å². The molecular formula is C14H28N2O3. The summed E-state index contributed by atoms with van der Waals surface area (Å²) in [5.74, 6) is -0.995. The van der Waals surface area contributed by atoms with Crippen molar-refractivity contribution in [2.24, 2.45) is 5.41 Å². The molecular weight excluding hydrogens is 244 g/mol. The Balaban J connectivity index is 4.47. The Kier molecular flexibility index (Phi) is 6.33. The summed E-state index contributed by atoms with van der Waals surface area (Å²) in [4.78, 5) is 22.8. The molecule has 5 nitrogen and oxygen atoms in total. The maximum Gasteiger partial charge on any atom is 0.326 e. The molecule has 5 heteroatoms. The van der Waals surface area contributed by atoms with E-state index in [0.29, 0.717) is 12.8 Å². The minimum absolute atomic E-state index is 0.0897. The first-order valence-electron chi connectivity index (χ1n) is 6.78. The highest BCUT2D eigenvalue weighted by Crippen LogP contribution is 2.26. The zero-order chi connectivity index (χ0) is 15.3. The van der Waals surface area contributed by atoms with E-state index in [9.17, 15) is 9.59 Å². The quantitative estimate of drug-likeness (QED) is 0.695. The molecule has 0 aliphatic heterocycles. The highest BCUT2D eigenvalue weighted by atomic mass is 16.4. The molecule has 0 bridgehead atoms. The van der Waals surface area contributed by atoms with Gasteiger partial charge in [-0.05, 0) is 32.1 Å². The monoisotopic (exact) mass is 272 g/mol. The van der Waals surface area contributed by atoms with Crippen LogP contribution in [0, 0.1) is 5.41 Å². The number of carbonyl (C=O) groups is 2. The summed E-state index contributed by atoms with van der Waals surface area (Å²) in [6.07, 6.45) is 1.95. The molecule has 0 saturated carbocycles. The lowest BCUT2D eigenvalue weighted by molar-refractivity contribution is -0.139. The smallest absolute Gasteiger partial charge is 0.326 e. The SMILES string of the molecule is CCCC(NC(=O)NC(C)(C)CC(C)(C)C)C(=O)O. The van der Waals surface area contributed by atoms with Crippen molar-refractivity contribution in [1.29, 1.82) is 0 Å². The Bertz CT molecular complexity index is 319. The van der Waals surface area contributed by atoms with Crippen molar-refractivity contribution in [3.8, 4) is 0 Å². The van der Waals surface area contributed by atoms with E-state index < -0.39 is 18.0 Å². The number of rotatable bonds is 6. The summed E-state index contributed by atoms with van der Waals surface area (Å²) in [5, 5.41) is 14.3. The molecule has 0 aromatic heterocycles. The molecule has 0 saturated heterocycles. The van der Waals surface area contributed by atoms with E-state index in [1.165, 1.54) is 0 Å². The van der Waals surface area contributed by atoms with Crippen molar-refractivity contribution >= 4 is 12.0 Å². The summed E-state index contributed by atoms with van der Waals surface area (Å²) in [5.41, 5.74) is -0.288. The number of hydrogen-bond donors (Lipinski definition) is 3. The topological polar surface area (TPSA) is 78.4 Å². The van der Waals surface area contributed by atoms with Gasteiger partial charge in [0.2, 0.25) is 0 Å². The number of carboxylic acid groups (broad SMARTS) is 1. The zero-order valence-electron chi connectivity index (χ0n) is 13.0. The van der Waals surface area contributed by atoms with Crippen LogP contribution >= 0.6 is 0 Å². The van der Waals surface area contributed by atoms with Crippen molar-refractivity contribution < 1.29 is 14.7 Å². The first-order chi connectivity index (χ1) is 8.47. The third kappa shape index (κ3) is 8.46. The lowest BCUT2D eigenvalue weighted by Gasteiger charge is -2.33. The van der Waals surface area contributed by atoms with E-state index in [2.05, 4.69) is 31.4 Å². The maximum atomic E-state index is 11.8. The van der Waals surface area contributed by atoms with Gasteiger partial charge in [-0.15, -0.1) is 0 Å². The molecule has 1 atom stereocenters. The third-order valence-electron chi connectivity index (χ3n) is 2.60. The largest absolute Gasteiger partial charge is 0.480 e. The molecule has 0 heterocycles. The predicted molar refractivity (Wildman–Crippen MR) is 76.2 cm³/mol. The number of urea groups is 1. The van der Waals surface area contributed by atoms with E-state index in [4.69, 9.17) is 5.11 Å².